The molecule has 0 aromatic heterocycles. The van der Waals surface area contributed by atoms with Crippen molar-refractivity contribution >= 4 is 0 Å². The van der Waals surface area contributed by atoms with Crippen LogP contribution in [0.3, 0.4) is 0 Å². The summed E-state index contributed by atoms with van der Waals surface area (Å²) in [7, 11) is 0. The highest BCUT2D eigenvalue weighted by Gasteiger charge is 2.49. The Labute approximate surface area is 241 Å². The first-order valence-corrected chi connectivity index (χ1v) is 16.6. The molecule has 0 aliphatic carbocycles. The highest BCUT2D eigenvalue weighted by molar-refractivity contribution is 5.30. The lowest BCUT2D eigenvalue weighted by atomic mass is 9.78. The first-order chi connectivity index (χ1) is 19.3. The van der Waals surface area contributed by atoms with Crippen molar-refractivity contribution in [1.29, 1.82) is 0 Å². The summed E-state index contributed by atoms with van der Waals surface area (Å²) in [5.74, 6) is 0.447. The minimum absolute atomic E-state index is 0.0536. The van der Waals surface area contributed by atoms with Crippen molar-refractivity contribution in [2.75, 3.05) is 13.1 Å². The Bertz CT molecular complexity index is 892. The van der Waals surface area contributed by atoms with Gasteiger partial charge in [0, 0.05) is 37.8 Å². The molecule has 0 saturated heterocycles. The molecule has 2 atom stereocenters. The fourth-order valence-electron chi connectivity index (χ4n) is 6.74. The van der Waals surface area contributed by atoms with Gasteiger partial charge in [-0.2, -0.15) is 0 Å². The normalized spacial score (nSPS) is 17.7. The minimum Gasteiger partial charge on any atom is -0.353 e. The molecule has 2 aromatic rings. The fourth-order valence-corrected chi connectivity index (χ4v) is 6.74. The second-order valence-corrected chi connectivity index (χ2v) is 11.8. The first-order valence-electron chi connectivity index (χ1n) is 16.6. The van der Waals surface area contributed by atoms with Gasteiger partial charge in [0.25, 0.3) is 0 Å². The van der Waals surface area contributed by atoms with Crippen LogP contribution in [0.5, 0.6) is 0 Å². The predicted molar refractivity (Wildman–Crippen MR) is 171 cm³/mol. The Morgan fingerprint density at radius 2 is 0.974 bits per heavy atom. The van der Waals surface area contributed by atoms with E-state index in [0.29, 0.717) is 5.92 Å². The van der Waals surface area contributed by atoms with Crippen LogP contribution in [0.15, 0.2) is 73.1 Å². The average molecular weight is 531 g/mol. The summed E-state index contributed by atoms with van der Waals surface area (Å²) in [5.41, 5.74) is 2.88. The molecule has 0 spiro atoms. The van der Waals surface area contributed by atoms with Gasteiger partial charge in [-0.3, -0.25) is 0 Å². The highest BCUT2D eigenvalue weighted by Crippen LogP contribution is 2.45. The molecule has 3 rings (SSSR count). The molecule has 0 amide bonds. The van der Waals surface area contributed by atoms with Gasteiger partial charge in [0.05, 0.1) is 0 Å². The lowest BCUT2D eigenvalue weighted by molar-refractivity contribution is -0.00378. The Balaban J connectivity index is 1.81. The second kappa shape index (κ2) is 18.2. The van der Waals surface area contributed by atoms with Crippen LogP contribution in [0.1, 0.15) is 134 Å². The standard InChI is InChI=1S/C37H58N2/c1-4-7-9-11-13-14-16-24-30-39-32-31-38(29-23-15-12-10-8-5-2)37(39,33-34-25-19-17-20-26-34)36(6-3)35-27-21-18-22-28-35/h17-22,25-28,31-32,36H,4-16,23-24,29-30,33H2,1-3H3. The van der Waals surface area contributed by atoms with Crippen LogP contribution in [-0.4, -0.2) is 28.6 Å². The highest BCUT2D eigenvalue weighted by atomic mass is 15.4. The maximum atomic E-state index is 2.76. The van der Waals surface area contributed by atoms with Crippen LogP contribution in [0.4, 0.5) is 0 Å². The fraction of sp³-hybridized carbons (Fsp3) is 0.622. The SMILES string of the molecule is CCCCCCCCCCN1C=CN(CCCCCCCC)C1(Cc1ccccc1)C(CC)c1ccccc1. The largest absolute Gasteiger partial charge is 0.353 e. The summed E-state index contributed by atoms with van der Waals surface area (Å²) in [6.07, 6.45) is 26.1. The van der Waals surface area contributed by atoms with Crippen molar-refractivity contribution in [2.24, 2.45) is 0 Å². The van der Waals surface area contributed by atoms with Crippen molar-refractivity contribution < 1.29 is 0 Å². The molecule has 216 valence electrons. The number of hydrogen-bond acceptors (Lipinski definition) is 2. The third kappa shape index (κ3) is 9.44. The van der Waals surface area contributed by atoms with E-state index in [0.717, 1.165) is 25.9 Å². The number of unbranched alkanes of at least 4 members (excludes halogenated alkanes) is 12. The Hall–Kier alpha value is -2.22. The van der Waals surface area contributed by atoms with Gasteiger partial charge >= 0.3 is 0 Å². The van der Waals surface area contributed by atoms with E-state index < -0.39 is 0 Å². The summed E-state index contributed by atoms with van der Waals surface area (Å²) in [6.45, 7) is 9.31. The number of benzene rings is 2. The third-order valence-electron chi connectivity index (χ3n) is 8.90. The van der Waals surface area contributed by atoms with E-state index in [2.05, 4.69) is 104 Å². The van der Waals surface area contributed by atoms with Crippen LogP contribution in [0, 0.1) is 0 Å². The lowest BCUT2D eigenvalue weighted by Crippen LogP contribution is -2.59. The summed E-state index contributed by atoms with van der Waals surface area (Å²) in [6, 6.07) is 22.7. The van der Waals surface area contributed by atoms with E-state index in [1.807, 2.05) is 0 Å². The molecule has 2 nitrogen and oxygen atoms in total. The average Bonchev–Trinajstić information content (AvgIpc) is 3.30. The van der Waals surface area contributed by atoms with Crippen LogP contribution >= 0.6 is 0 Å². The molecule has 39 heavy (non-hydrogen) atoms. The Kier molecular flexibility index (Phi) is 14.6. The Morgan fingerprint density at radius 3 is 1.44 bits per heavy atom. The van der Waals surface area contributed by atoms with Crippen LogP contribution in [0.25, 0.3) is 0 Å². The van der Waals surface area contributed by atoms with E-state index in [-0.39, 0.29) is 5.66 Å². The Morgan fingerprint density at radius 1 is 0.538 bits per heavy atom. The topological polar surface area (TPSA) is 6.48 Å². The molecule has 0 saturated carbocycles. The molecule has 0 bridgehead atoms. The molecule has 2 aromatic carbocycles. The number of rotatable bonds is 21. The second-order valence-electron chi connectivity index (χ2n) is 11.8. The van der Waals surface area contributed by atoms with Crippen molar-refractivity contribution in [2.45, 2.75) is 135 Å². The zero-order valence-corrected chi connectivity index (χ0v) is 25.6. The third-order valence-corrected chi connectivity index (χ3v) is 8.90. The smallest absolute Gasteiger partial charge is 0.123 e. The lowest BCUT2D eigenvalue weighted by Gasteiger charge is -2.51. The first kappa shape index (κ1) is 31.3. The van der Waals surface area contributed by atoms with E-state index in [9.17, 15) is 0 Å². The zero-order chi connectivity index (χ0) is 27.6. The van der Waals surface area contributed by atoms with E-state index in [1.54, 1.807) is 0 Å². The zero-order valence-electron chi connectivity index (χ0n) is 25.6. The van der Waals surface area contributed by atoms with Gasteiger partial charge in [0.2, 0.25) is 0 Å². The van der Waals surface area contributed by atoms with Crippen LogP contribution < -0.4 is 0 Å². The molecule has 0 radical (unpaired) electrons. The van der Waals surface area contributed by atoms with Gasteiger partial charge in [-0.25, -0.2) is 0 Å². The van der Waals surface area contributed by atoms with Crippen molar-refractivity contribution in [3.8, 4) is 0 Å². The van der Waals surface area contributed by atoms with Gasteiger partial charge in [-0.05, 0) is 30.4 Å². The minimum atomic E-state index is -0.0536. The van der Waals surface area contributed by atoms with E-state index in [1.165, 1.54) is 101 Å². The summed E-state index contributed by atoms with van der Waals surface area (Å²) < 4.78 is 0. The number of nitrogens with zero attached hydrogens (tertiary/aromatic N) is 2. The number of hydrogen-bond donors (Lipinski definition) is 0. The summed E-state index contributed by atoms with van der Waals surface area (Å²) in [5, 5.41) is 0. The molecule has 2 unspecified atom stereocenters. The van der Waals surface area contributed by atoms with Crippen molar-refractivity contribution in [3.63, 3.8) is 0 Å². The van der Waals surface area contributed by atoms with E-state index >= 15 is 0 Å². The maximum absolute atomic E-state index is 2.76. The molecule has 0 fully saturated rings. The van der Waals surface area contributed by atoms with Gasteiger partial charge in [-0.1, -0.05) is 158 Å². The predicted octanol–water partition coefficient (Wildman–Crippen LogP) is 10.7. The van der Waals surface area contributed by atoms with Crippen LogP contribution in [0.2, 0.25) is 0 Å². The summed E-state index contributed by atoms with van der Waals surface area (Å²) in [4.78, 5) is 5.51. The van der Waals surface area contributed by atoms with Crippen molar-refractivity contribution in [1.82, 2.24) is 9.80 Å². The van der Waals surface area contributed by atoms with E-state index in [4.69, 9.17) is 0 Å². The molecular formula is C37H58N2. The van der Waals surface area contributed by atoms with Crippen LogP contribution in [-0.2, 0) is 6.42 Å². The molecule has 1 aliphatic heterocycles. The van der Waals surface area contributed by atoms with Gasteiger partial charge in [-0.15, -0.1) is 0 Å². The molecule has 1 aliphatic rings. The monoisotopic (exact) mass is 530 g/mol. The van der Waals surface area contributed by atoms with Gasteiger partial charge in [0.1, 0.15) is 5.66 Å². The van der Waals surface area contributed by atoms with Gasteiger partial charge in [0.15, 0.2) is 0 Å². The molecular weight excluding hydrogens is 472 g/mol. The van der Waals surface area contributed by atoms with Gasteiger partial charge < -0.3 is 9.80 Å². The summed E-state index contributed by atoms with van der Waals surface area (Å²) >= 11 is 0. The van der Waals surface area contributed by atoms with Crippen molar-refractivity contribution in [3.05, 3.63) is 84.2 Å². The maximum Gasteiger partial charge on any atom is 0.123 e. The molecule has 2 heteroatoms. The molecule has 0 N–H and O–H groups in total. The quantitative estimate of drug-likeness (QED) is 0.148. The molecule has 1 heterocycles.